The van der Waals surface area contributed by atoms with Gasteiger partial charge in [0.25, 0.3) is 11.6 Å². The molecule has 0 aliphatic heterocycles. The quantitative estimate of drug-likeness (QED) is 0.278. The van der Waals surface area contributed by atoms with Crippen molar-refractivity contribution in [3.63, 3.8) is 0 Å². The molecule has 0 saturated heterocycles. The largest absolute Gasteiger partial charge is 0.452 e. The topological polar surface area (TPSA) is 121 Å². The van der Waals surface area contributed by atoms with Gasteiger partial charge in [-0.15, -0.1) is 11.8 Å². The van der Waals surface area contributed by atoms with E-state index in [9.17, 15) is 14.9 Å². The number of nitrogens with zero attached hydrogens (tertiary/aromatic N) is 4. The highest BCUT2D eigenvalue weighted by molar-refractivity contribution is 7.98. The molecule has 0 atom stereocenters. The normalized spacial score (nSPS) is 10.5. The predicted molar refractivity (Wildman–Crippen MR) is 91.5 cm³/mol. The molecule has 10 heteroatoms. The molecule has 9 nitrogen and oxygen atoms in total. The Morgan fingerprint density at radius 1 is 1.38 bits per heavy atom. The van der Waals surface area contributed by atoms with Crippen molar-refractivity contribution in [3.05, 3.63) is 64.3 Å². The van der Waals surface area contributed by atoms with Crippen LogP contribution < -0.4 is 0 Å². The van der Waals surface area contributed by atoms with Crippen molar-refractivity contribution in [1.29, 1.82) is 0 Å². The summed E-state index contributed by atoms with van der Waals surface area (Å²) in [5.74, 6) is -0.464. The molecule has 0 bridgehead atoms. The molecule has 0 amide bonds. The van der Waals surface area contributed by atoms with Gasteiger partial charge < -0.3 is 9.26 Å². The summed E-state index contributed by atoms with van der Waals surface area (Å²) in [5.41, 5.74) is 0.195. The summed E-state index contributed by atoms with van der Waals surface area (Å²) in [7, 11) is 0. The van der Waals surface area contributed by atoms with Crippen LogP contribution in [0.5, 0.6) is 0 Å². The van der Waals surface area contributed by atoms with E-state index in [2.05, 4.69) is 15.1 Å². The highest BCUT2D eigenvalue weighted by Crippen LogP contribution is 2.25. The lowest BCUT2D eigenvalue weighted by molar-refractivity contribution is -0.385. The zero-order valence-corrected chi connectivity index (χ0v) is 14.3. The Balaban J connectivity index is 1.73. The first-order valence-corrected chi connectivity index (χ1v) is 8.53. The van der Waals surface area contributed by atoms with Crippen LogP contribution in [0.3, 0.4) is 0 Å². The molecule has 26 heavy (non-hydrogen) atoms. The van der Waals surface area contributed by atoms with Gasteiger partial charge in [-0.2, -0.15) is 4.98 Å². The summed E-state index contributed by atoms with van der Waals surface area (Å²) in [6, 6.07) is 7.74. The van der Waals surface area contributed by atoms with Gasteiger partial charge in [-0.25, -0.2) is 4.79 Å². The zero-order valence-electron chi connectivity index (χ0n) is 13.5. The van der Waals surface area contributed by atoms with Gasteiger partial charge in [0, 0.05) is 28.9 Å². The van der Waals surface area contributed by atoms with E-state index in [0.717, 1.165) is 0 Å². The number of rotatable bonds is 6. The van der Waals surface area contributed by atoms with Crippen molar-refractivity contribution in [2.45, 2.75) is 11.5 Å². The van der Waals surface area contributed by atoms with Gasteiger partial charge in [-0.1, -0.05) is 5.16 Å². The fraction of sp³-hybridized carbons (Fsp3) is 0.125. The number of thioether (sulfide) groups is 1. The fourth-order valence-electron chi connectivity index (χ4n) is 2.10. The van der Waals surface area contributed by atoms with Crippen LogP contribution in [0.1, 0.15) is 16.2 Å². The van der Waals surface area contributed by atoms with Crippen LogP contribution in [-0.2, 0) is 11.3 Å². The van der Waals surface area contributed by atoms with Crippen LogP contribution in [0.15, 0.2) is 52.1 Å². The average molecular weight is 372 g/mol. The first-order chi connectivity index (χ1) is 12.6. The smallest absolute Gasteiger partial charge is 0.345 e. The average Bonchev–Trinajstić information content (AvgIpc) is 3.15. The Kier molecular flexibility index (Phi) is 5.23. The van der Waals surface area contributed by atoms with Crippen molar-refractivity contribution in [3.8, 4) is 11.4 Å². The summed E-state index contributed by atoms with van der Waals surface area (Å²) >= 11 is 1.36. The molecule has 0 N–H and O–H groups in total. The van der Waals surface area contributed by atoms with Gasteiger partial charge in [0.2, 0.25) is 5.82 Å². The van der Waals surface area contributed by atoms with Crippen molar-refractivity contribution < 1.29 is 19.0 Å². The molecule has 0 spiro atoms. The third-order valence-electron chi connectivity index (χ3n) is 3.33. The molecule has 132 valence electrons. The van der Waals surface area contributed by atoms with E-state index in [0.29, 0.717) is 16.3 Å². The molecule has 0 saturated carbocycles. The Labute approximate surface area is 151 Å². The Hall–Kier alpha value is -3.27. The molecule has 0 aliphatic rings. The molecule has 3 aromatic rings. The number of nitro groups is 1. The van der Waals surface area contributed by atoms with Gasteiger partial charge in [0.1, 0.15) is 5.56 Å². The highest BCUT2D eigenvalue weighted by atomic mass is 32.2. The van der Waals surface area contributed by atoms with Crippen LogP contribution in [-0.4, -0.2) is 32.3 Å². The number of carbonyl (C=O) groups is 1. The molecular formula is C16H12N4O5S. The molecule has 0 radical (unpaired) electrons. The standard InChI is InChI=1S/C16H12N4O5S/c1-26-11-4-5-13(20(22)23)12(7-11)16(21)24-9-14-18-15(19-25-14)10-3-2-6-17-8-10/h2-8H,9H2,1H3. The maximum absolute atomic E-state index is 12.3. The van der Waals surface area contributed by atoms with Crippen molar-refractivity contribution in [1.82, 2.24) is 15.1 Å². The number of hydrogen-bond acceptors (Lipinski definition) is 9. The Morgan fingerprint density at radius 3 is 2.92 bits per heavy atom. The summed E-state index contributed by atoms with van der Waals surface area (Å²) in [6.07, 6.45) is 4.98. The number of nitro benzene ring substituents is 1. The summed E-state index contributed by atoms with van der Waals surface area (Å²) < 4.78 is 10.1. The van der Waals surface area contributed by atoms with Gasteiger partial charge in [-0.3, -0.25) is 15.1 Å². The lowest BCUT2D eigenvalue weighted by Gasteiger charge is -2.05. The number of esters is 1. The molecule has 0 unspecified atom stereocenters. The first kappa shape index (κ1) is 17.5. The van der Waals surface area contributed by atoms with Crippen molar-refractivity contribution in [2.24, 2.45) is 0 Å². The molecule has 1 aromatic carbocycles. The van der Waals surface area contributed by atoms with Crippen molar-refractivity contribution in [2.75, 3.05) is 6.26 Å². The molecular weight excluding hydrogens is 360 g/mol. The number of ether oxygens (including phenoxy) is 1. The predicted octanol–water partition coefficient (Wildman–Crippen LogP) is 3.12. The highest BCUT2D eigenvalue weighted by Gasteiger charge is 2.23. The maximum Gasteiger partial charge on any atom is 0.345 e. The minimum absolute atomic E-state index is 0.0703. The second kappa shape index (κ2) is 7.74. The van der Waals surface area contributed by atoms with E-state index in [4.69, 9.17) is 9.26 Å². The number of carbonyl (C=O) groups excluding carboxylic acids is 1. The fourth-order valence-corrected chi connectivity index (χ4v) is 2.54. The minimum Gasteiger partial charge on any atom is -0.452 e. The van der Waals surface area contributed by atoms with Gasteiger partial charge in [-0.05, 0) is 30.5 Å². The number of pyridine rings is 1. The molecule has 2 aromatic heterocycles. The molecule has 0 fully saturated rings. The van der Waals surface area contributed by atoms with E-state index >= 15 is 0 Å². The summed E-state index contributed by atoms with van der Waals surface area (Å²) in [5, 5.41) is 14.9. The van der Waals surface area contributed by atoms with Gasteiger partial charge in [0.05, 0.1) is 4.92 Å². The van der Waals surface area contributed by atoms with E-state index in [1.54, 1.807) is 36.8 Å². The van der Waals surface area contributed by atoms with Gasteiger partial charge >= 0.3 is 5.97 Å². The van der Waals surface area contributed by atoms with Crippen molar-refractivity contribution >= 4 is 23.4 Å². The third-order valence-corrected chi connectivity index (χ3v) is 4.06. The van der Waals surface area contributed by atoms with E-state index < -0.39 is 10.9 Å². The van der Waals surface area contributed by atoms with Gasteiger partial charge in [0.15, 0.2) is 6.61 Å². The molecule has 3 rings (SSSR count). The first-order valence-electron chi connectivity index (χ1n) is 7.31. The second-order valence-electron chi connectivity index (χ2n) is 4.97. The SMILES string of the molecule is CSc1ccc([N+](=O)[O-])c(C(=O)OCc2nc(-c3cccnc3)no2)c1. The maximum atomic E-state index is 12.3. The zero-order chi connectivity index (χ0) is 18.5. The summed E-state index contributed by atoms with van der Waals surface area (Å²) in [6.45, 7) is -0.299. The monoisotopic (exact) mass is 372 g/mol. The third kappa shape index (κ3) is 3.86. The van der Waals surface area contributed by atoms with E-state index in [1.165, 1.54) is 23.9 Å². The second-order valence-corrected chi connectivity index (χ2v) is 5.85. The number of benzene rings is 1. The van der Waals surface area contributed by atoms with Crippen LogP contribution in [0.25, 0.3) is 11.4 Å². The van der Waals surface area contributed by atoms with Crippen LogP contribution in [0.4, 0.5) is 5.69 Å². The van der Waals surface area contributed by atoms with Crippen LogP contribution >= 0.6 is 11.8 Å². The lowest BCUT2D eigenvalue weighted by Crippen LogP contribution is -2.08. The van der Waals surface area contributed by atoms with Crippen LogP contribution in [0.2, 0.25) is 0 Å². The van der Waals surface area contributed by atoms with E-state index in [1.807, 2.05) is 0 Å². The number of hydrogen-bond donors (Lipinski definition) is 0. The Morgan fingerprint density at radius 2 is 2.23 bits per heavy atom. The lowest BCUT2D eigenvalue weighted by atomic mass is 10.2. The molecule has 2 heterocycles. The summed E-state index contributed by atoms with van der Waals surface area (Å²) in [4.78, 5) is 31.5. The van der Waals surface area contributed by atoms with Crippen LogP contribution in [0, 0.1) is 10.1 Å². The minimum atomic E-state index is -0.839. The Bertz CT molecular complexity index is 945. The number of aromatic nitrogens is 3. The molecule has 0 aliphatic carbocycles. The van der Waals surface area contributed by atoms with E-state index in [-0.39, 0.29) is 23.7 Å².